The van der Waals surface area contributed by atoms with Crippen molar-refractivity contribution < 1.29 is 4.79 Å². The molecule has 1 aromatic heterocycles. The maximum atomic E-state index is 13.0. The van der Waals surface area contributed by atoms with E-state index >= 15 is 0 Å². The number of amides is 1. The van der Waals surface area contributed by atoms with Crippen molar-refractivity contribution in [3.05, 3.63) is 53.9 Å². The first kappa shape index (κ1) is 15.1. The van der Waals surface area contributed by atoms with Crippen LogP contribution in [0.1, 0.15) is 28.8 Å². The molecule has 4 rings (SSSR count). The Balaban J connectivity index is 1.56. The lowest BCUT2D eigenvalue weighted by Gasteiger charge is -2.38. The molecule has 124 valence electrons. The zero-order valence-corrected chi connectivity index (χ0v) is 13.9. The van der Waals surface area contributed by atoms with Gasteiger partial charge in [0, 0.05) is 37.6 Å². The lowest BCUT2D eigenvalue weighted by atomic mass is 9.92. The second-order valence-electron chi connectivity index (χ2n) is 6.71. The molecule has 2 aliphatic rings. The van der Waals surface area contributed by atoms with Gasteiger partial charge in [-0.3, -0.25) is 4.79 Å². The fourth-order valence-electron chi connectivity index (χ4n) is 4.00. The number of nitrogens with zero attached hydrogens (tertiary/aromatic N) is 4. The van der Waals surface area contributed by atoms with Crippen molar-refractivity contribution in [2.75, 3.05) is 24.5 Å². The summed E-state index contributed by atoms with van der Waals surface area (Å²) in [6.45, 7) is 4.65. The van der Waals surface area contributed by atoms with Crippen LogP contribution in [0.25, 0.3) is 0 Å². The molecule has 24 heavy (non-hydrogen) atoms. The summed E-state index contributed by atoms with van der Waals surface area (Å²) in [4.78, 5) is 26.1. The van der Waals surface area contributed by atoms with Crippen molar-refractivity contribution in [2.24, 2.45) is 5.92 Å². The van der Waals surface area contributed by atoms with E-state index in [2.05, 4.69) is 19.8 Å². The van der Waals surface area contributed by atoms with Crippen molar-refractivity contribution in [3.63, 3.8) is 0 Å². The topological polar surface area (TPSA) is 49.3 Å². The minimum Gasteiger partial charge on any atom is -0.339 e. The van der Waals surface area contributed by atoms with Crippen LogP contribution in [0.5, 0.6) is 0 Å². The van der Waals surface area contributed by atoms with Crippen LogP contribution in [0.3, 0.4) is 0 Å². The number of fused-ring (bicyclic) bond motifs is 1. The Kier molecular flexibility index (Phi) is 3.92. The number of aryl methyl sites for hydroxylation is 1. The summed E-state index contributed by atoms with van der Waals surface area (Å²) >= 11 is 0. The van der Waals surface area contributed by atoms with E-state index in [-0.39, 0.29) is 11.9 Å². The first-order chi connectivity index (χ1) is 11.7. The summed E-state index contributed by atoms with van der Waals surface area (Å²) in [5.74, 6) is 1.53. The van der Waals surface area contributed by atoms with E-state index in [0.717, 1.165) is 49.6 Å². The highest BCUT2D eigenvalue weighted by Gasteiger charge is 2.41. The van der Waals surface area contributed by atoms with Crippen LogP contribution < -0.4 is 4.90 Å². The molecule has 5 heteroatoms. The maximum Gasteiger partial charge on any atom is 0.254 e. The fraction of sp³-hybridized carbons (Fsp3) is 0.421. The third-order valence-corrected chi connectivity index (χ3v) is 5.33. The highest BCUT2D eigenvalue weighted by molar-refractivity contribution is 5.96. The zero-order valence-electron chi connectivity index (χ0n) is 13.9. The molecular formula is C19H22N4O. The van der Waals surface area contributed by atoms with Gasteiger partial charge in [-0.2, -0.15) is 0 Å². The van der Waals surface area contributed by atoms with E-state index < -0.39 is 0 Å². The van der Waals surface area contributed by atoms with Crippen LogP contribution in [0.4, 0.5) is 5.95 Å². The minimum atomic E-state index is 0.163. The van der Waals surface area contributed by atoms with Crippen molar-refractivity contribution in [3.8, 4) is 0 Å². The largest absolute Gasteiger partial charge is 0.339 e. The van der Waals surface area contributed by atoms with Gasteiger partial charge >= 0.3 is 0 Å². The molecule has 0 aliphatic carbocycles. The van der Waals surface area contributed by atoms with Gasteiger partial charge in [-0.1, -0.05) is 18.2 Å². The van der Waals surface area contributed by atoms with Crippen molar-refractivity contribution in [1.82, 2.24) is 14.9 Å². The number of hydrogen-bond acceptors (Lipinski definition) is 4. The molecule has 2 aromatic rings. The number of piperidine rings is 1. The smallest absolute Gasteiger partial charge is 0.254 e. The molecule has 3 heterocycles. The predicted molar refractivity (Wildman–Crippen MR) is 93.0 cm³/mol. The van der Waals surface area contributed by atoms with E-state index in [1.165, 1.54) is 0 Å². The molecule has 1 aromatic carbocycles. The third-order valence-electron chi connectivity index (χ3n) is 5.33. The lowest BCUT2D eigenvalue weighted by Crippen LogP contribution is -2.50. The van der Waals surface area contributed by atoms with E-state index in [1.807, 2.05) is 37.3 Å². The van der Waals surface area contributed by atoms with Crippen LogP contribution in [0, 0.1) is 12.8 Å². The predicted octanol–water partition coefficient (Wildman–Crippen LogP) is 2.53. The highest BCUT2D eigenvalue weighted by Crippen LogP contribution is 2.33. The molecule has 5 nitrogen and oxygen atoms in total. The Morgan fingerprint density at radius 2 is 1.83 bits per heavy atom. The molecule has 2 unspecified atom stereocenters. The van der Waals surface area contributed by atoms with Gasteiger partial charge in [0.1, 0.15) is 0 Å². The van der Waals surface area contributed by atoms with Gasteiger partial charge in [0.25, 0.3) is 5.91 Å². The SMILES string of the molecule is Cc1ccccc1C(=O)N1CCC2CCN(c3ncccn3)CC21. The average Bonchev–Trinajstić information content (AvgIpc) is 3.05. The summed E-state index contributed by atoms with van der Waals surface area (Å²) in [5.41, 5.74) is 1.87. The number of aromatic nitrogens is 2. The number of hydrogen-bond donors (Lipinski definition) is 0. The van der Waals surface area contributed by atoms with E-state index in [0.29, 0.717) is 5.92 Å². The molecule has 0 saturated carbocycles. The highest BCUT2D eigenvalue weighted by atomic mass is 16.2. The second kappa shape index (κ2) is 6.23. The Morgan fingerprint density at radius 1 is 1.08 bits per heavy atom. The summed E-state index contributed by atoms with van der Waals surface area (Å²) in [6, 6.07) is 9.96. The monoisotopic (exact) mass is 322 g/mol. The zero-order chi connectivity index (χ0) is 16.5. The quantitative estimate of drug-likeness (QED) is 0.852. The lowest BCUT2D eigenvalue weighted by molar-refractivity contribution is 0.0711. The Labute approximate surface area is 142 Å². The molecule has 0 N–H and O–H groups in total. The van der Waals surface area contributed by atoms with Crippen LogP contribution in [0.2, 0.25) is 0 Å². The number of rotatable bonds is 2. The van der Waals surface area contributed by atoms with Gasteiger partial charge in [-0.15, -0.1) is 0 Å². The Morgan fingerprint density at radius 3 is 2.62 bits per heavy atom. The van der Waals surface area contributed by atoms with Crippen LogP contribution in [-0.2, 0) is 0 Å². The molecule has 2 aliphatic heterocycles. The second-order valence-corrected chi connectivity index (χ2v) is 6.71. The maximum absolute atomic E-state index is 13.0. The van der Waals surface area contributed by atoms with Crippen molar-refractivity contribution in [2.45, 2.75) is 25.8 Å². The van der Waals surface area contributed by atoms with Gasteiger partial charge in [0.15, 0.2) is 0 Å². The van der Waals surface area contributed by atoms with Gasteiger partial charge in [-0.25, -0.2) is 9.97 Å². The number of likely N-dealkylation sites (tertiary alicyclic amines) is 1. The van der Waals surface area contributed by atoms with E-state index in [4.69, 9.17) is 0 Å². The van der Waals surface area contributed by atoms with Crippen LogP contribution >= 0.6 is 0 Å². The number of carbonyl (C=O) groups excluding carboxylic acids is 1. The molecule has 2 fully saturated rings. The summed E-state index contributed by atoms with van der Waals surface area (Å²) in [7, 11) is 0. The minimum absolute atomic E-state index is 0.163. The third kappa shape index (κ3) is 2.64. The number of carbonyl (C=O) groups is 1. The van der Waals surface area contributed by atoms with Gasteiger partial charge < -0.3 is 9.80 Å². The first-order valence-electron chi connectivity index (χ1n) is 8.62. The number of benzene rings is 1. The van der Waals surface area contributed by atoms with E-state index in [1.54, 1.807) is 12.4 Å². The summed E-state index contributed by atoms with van der Waals surface area (Å²) in [5, 5.41) is 0. The van der Waals surface area contributed by atoms with Crippen LogP contribution in [0.15, 0.2) is 42.7 Å². The molecule has 2 atom stereocenters. The Bertz CT molecular complexity index is 733. The van der Waals surface area contributed by atoms with Gasteiger partial charge in [-0.05, 0) is 43.4 Å². The fourth-order valence-corrected chi connectivity index (χ4v) is 4.00. The van der Waals surface area contributed by atoms with Gasteiger partial charge in [0.2, 0.25) is 5.95 Å². The molecule has 0 radical (unpaired) electrons. The van der Waals surface area contributed by atoms with Crippen molar-refractivity contribution >= 4 is 11.9 Å². The molecule has 0 bridgehead atoms. The number of anilines is 1. The standard InChI is InChI=1S/C19H22N4O/c1-14-5-2-3-6-16(14)18(24)23-12-8-15-7-11-22(13-17(15)23)19-20-9-4-10-21-19/h2-6,9-10,15,17H,7-8,11-13H2,1H3. The van der Waals surface area contributed by atoms with Gasteiger partial charge in [0.05, 0.1) is 6.04 Å². The van der Waals surface area contributed by atoms with Crippen LogP contribution in [-0.4, -0.2) is 46.5 Å². The molecular weight excluding hydrogens is 300 g/mol. The molecule has 2 saturated heterocycles. The normalized spacial score (nSPS) is 23.2. The van der Waals surface area contributed by atoms with E-state index in [9.17, 15) is 4.79 Å². The summed E-state index contributed by atoms with van der Waals surface area (Å²) in [6.07, 6.45) is 5.75. The van der Waals surface area contributed by atoms with Crippen molar-refractivity contribution in [1.29, 1.82) is 0 Å². The molecule has 1 amide bonds. The first-order valence-corrected chi connectivity index (χ1v) is 8.62. The average molecular weight is 322 g/mol. The molecule has 0 spiro atoms. The summed E-state index contributed by atoms with van der Waals surface area (Å²) < 4.78 is 0. The Hall–Kier alpha value is -2.43.